The maximum absolute atomic E-state index is 5.29. The molecule has 1 unspecified atom stereocenters. The second kappa shape index (κ2) is 6.41. The Morgan fingerprint density at radius 2 is 1.79 bits per heavy atom. The van der Waals surface area contributed by atoms with Crippen molar-refractivity contribution in [3.63, 3.8) is 0 Å². The smallest absolute Gasteiger partial charge is 0.0548 e. The van der Waals surface area contributed by atoms with Crippen LogP contribution in [0.2, 0.25) is 0 Å². The van der Waals surface area contributed by atoms with Crippen LogP contribution >= 0.6 is 0 Å². The molecule has 0 aromatic rings. The second-order valence-electron chi connectivity index (χ2n) is 5.44. The maximum atomic E-state index is 5.29. The third-order valence-electron chi connectivity index (χ3n) is 2.40. The third-order valence-corrected chi connectivity index (χ3v) is 2.40. The highest BCUT2D eigenvalue weighted by molar-refractivity contribution is 4.74. The Kier molecular flexibility index (Phi) is 6.38. The van der Waals surface area contributed by atoms with Gasteiger partial charge in [0, 0.05) is 13.7 Å². The van der Waals surface area contributed by atoms with Crippen molar-refractivity contribution < 1.29 is 4.74 Å². The van der Waals surface area contributed by atoms with E-state index in [1.165, 1.54) is 0 Å². The van der Waals surface area contributed by atoms with Crippen molar-refractivity contribution in [2.24, 2.45) is 11.3 Å². The molecule has 0 spiro atoms. The average Bonchev–Trinajstić information content (AvgIpc) is 2.02. The number of rotatable bonds is 7. The molecule has 0 radical (unpaired) electrons. The Morgan fingerprint density at radius 3 is 2.21 bits per heavy atom. The van der Waals surface area contributed by atoms with Crippen molar-refractivity contribution in [2.75, 3.05) is 20.2 Å². The van der Waals surface area contributed by atoms with Gasteiger partial charge in [-0.1, -0.05) is 27.7 Å². The molecule has 2 heteroatoms. The van der Waals surface area contributed by atoms with Gasteiger partial charge in [-0.2, -0.15) is 0 Å². The van der Waals surface area contributed by atoms with E-state index < -0.39 is 0 Å². The van der Waals surface area contributed by atoms with Crippen LogP contribution in [0.15, 0.2) is 0 Å². The predicted octanol–water partition coefficient (Wildman–Crippen LogP) is 2.68. The molecule has 1 N–H and O–H groups in total. The van der Waals surface area contributed by atoms with Crippen molar-refractivity contribution in [3.8, 4) is 0 Å². The van der Waals surface area contributed by atoms with E-state index in [9.17, 15) is 0 Å². The lowest BCUT2D eigenvalue weighted by Crippen LogP contribution is -2.34. The molecule has 0 aromatic heterocycles. The molecule has 0 aliphatic carbocycles. The Labute approximate surface area is 89.4 Å². The zero-order valence-corrected chi connectivity index (χ0v) is 10.7. The molecular formula is C12H27NO. The molecule has 0 heterocycles. The van der Waals surface area contributed by atoms with E-state index in [-0.39, 0.29) is 0 Å². The van der Waals surface area contributed by atoms with Crippen LogP contribution in [0.25, 0.3) is 0 Å². The lowest BCUT2D eigenvalue weighted by Gasteiger charge is -2.28. The van der Waals surface area contributed by atoms with Crippen molar-refractivity contribution in [1.29, 1.82) is 0 Å². The topological polar surface area (TPSA) is 21.3 Å². The van der Waals surface area contributed by atoms with Crippen molar-refractivity contribution in [1.82, 2.24) is 5.32 Å². The van der Waals surface area contributed by atoms with E-state index in [4.69, 9.17) is 4.74 Å². The van der Waals surface area contributed by atoms with Crippen LogP contribution < -0.4 is 5.32 Å². The molecule has 0 fully saturated rings. The zero-order valence-electron chi connectivity index (χ0n) is 10.7. The fourth-order valence-corrected chi connectivity index (χ4v) is 1.63. The first-order valence-corrected chi connectivity index (χ1v) is 5.61. The van der Waals surface area contributed by atoms with Crippen LogP contribution in [0.5, 0.6) is 0 Å². The van der Waals surface area contributed by atoms with Gasteiger partial charge in [-0.25, -0.2) is 0 Å². The minimum atomic E-state index is 0.324. The maximum Gasteiger partial charge on any atom is 0.0548 e. The molecular weight excluding hydrogens is 174 g/mol. The summed E-state index contributed by atoms with van der Waals surface area (Å²) < 4.78 is 5.29. The van der Waals surface area contributed by atoms with Gasteiger partial charge < -0.3 is 10.1 Å². The minimum absolute atomic E-state index is 0.324. The molecule has 0 bridgehead atoms. The van der Waals surface area contributed by atoms with Crippen LogP contribution in [0, 0.1) is 11.3 Å². The predicted molar refractivity (Wildman–Crippen MR) is 62.6 cm³/mol. The Hall–Kier alpha value is -0.0800. The first-order valence-electron chi connectivity index (χ1n) is 5.61. The van der Waals surface area contributed by atoms with Gasteiger partial charge in [0.05, 0.1) is 6.10 Å². The summed E-state index contributed by atoms with van der Waals surface area (Å²) in [4.78, 5) is 0. The number of hydrogen-bond acceptors (Lipinski definition) is 2. The zero-order chi connectivity index (χ0) is 11.2. The number of methoxy groups -OCH3 is 1. The highest BCUT2D eigenvalue weighted by Gasteiger charge is 2.20. The fraction of sp³-hybridized carbons (Fsp3) is 1.00. The summed E-state index contributed by atoms with van der Waals surface area (Å²) in [6.45, 7) is 13.3. The van der Waals surface area contributed by atoms with E-state index in [0.29, 0.717) is 11.5 Å². The molecule has 86 valence electrons. The summed E-state index contributed by atoms with van der Waals surface area (Å²) in [5.41, 5.74) is 0.324. The van der Waals surface area contributed by atoms with Gasteiger partial charge in [0.15, 0.2) is 0 Å². The number of nitrogens with one attached hydrogen (secondary N) is 1. The monoisotopic (exact) mass is 201 g/mol. The van der Waals surface area contributed by atoms with Crippen LogP contribution in [0.1, 0.15) is 41.0 Å². The van der Waals surface area contributed by atoms with Crippen molar-refractivity contribution in [3.05, 3.63) is 0 Å². The SMILES string of the molecule is COC(C)CC(C)(C)CNCC(C)C. The Bertz CT molecular complexity index is 143. The van der Waals surface area contributed by atoms with Crippen molar-refractivity contribution in [2.45, 2.75) is 47.1 Å². The molecule has 1 atom stereocenters. The first kappa shape index (κ1) is 13.9. The quantitative estimate of drug-likeness (QED) is 0.684. The summed E-state index contributed by atoms with van der Waals surface area (Å²) >= 11 is 0. The summed E-state index contributed by atoms with van der Waals surface area (Å²) in [5, 5.41) is 3.50. The molecule has 0 saturated carbocycles. The number of ether oxygens (including phenoxy) is 1. The molecule has 0 rings (SSSR count). The van der Waals surface area contributed by atoms with Crippen LogP contribution in [-0.2, 0) is 4.74 Å². The minimum Gasteiger partial charge on any atom is -0.382 e. The van der Waals surface area contributed by atoms with E-state index >= 15 is 0 Å². The lowest BCUT2D eigenvalue weighted by molar-refractivity contribution is 0.0750. The summed E-state index contributed by atoms with van der Waals surface area (Å²) in [6, 6.07) is 0. The molecule has 0 saturated heterocycles. The van der Waals surface area contributed by atoms with E-state index in [2.05, 4.69) is 39.9 Å². The molecule has 2 nitrogen and oxygen atoms in total. The summed E-state index contributed by atoms with van der Waals surface area (Å²) in [7, 11) is 1.78. The highest BCUT2D eigenvalue weighted by Crippen LogP contribution is 2.22. The Morgan fingerprint density at radius 1 is 1.21 bits per heavy atom. The standard InChI is InChI=1S/C12H27NO/c1-10(2)8-13-9-12(4,5)7-11(3)14-6/h10-11,13H,7-9H2,1-6H3. The summed E-state index contributed by atoms with van der Waals surface area (Å²) in [6.07, 6.45) is 1.46. The van der Waals surface area contributed by atoms with Crippen LogP contribution in [0.3, 0.4) is 0 Å². The molecule has 14 heavy (non-hydrogen) atoms. The average molecular weight is 201 g/mol. The molecule has 0 aliphatic rings. The molecule has 0 amide bonds. The van der Waals surface area contributed by atoms with Gasteiger partial charge in [0.1, 0.15) is 0 Å². The molecule has 0 aromatic carbocycles. The van der Waals surface area contributed by atoms with Gasteiger partial charge in [0.2, 0.25) is 0 Å². The van der Waals surface area contributed by atoms with Crippen LogP contribution in [0.4, 0.5) is 0 Å². The number of hydrogen-bond donors (Lipinski definition) is 1. The third kappa shape index (κ3) is 7.34. The first-order chi connectivity index (χ1) is 6.37. The highest BCUT2D eigenvalue weighted by atomic mass is 16.5. The van der Waals surface area contributed by atoms with E-state index in [0.717, 1.165) is 25.4 Å². The van der Waals surface area contributed by atoms with Gasteiger partial charge in [-0.3, -0.25) is 0 Å². The lowest BCUT2D eigenvalue weighted by atomic mass is 9.87. The summed E-state index contributed by atoms with van der Waals surface area (Å²) in [5.74, 6) is 0.727. The van der Waals surface area contributed by atoms with Crippen LogP contribution in [-0.4, -0.2) is 26.3 Å². The Balaban J connectivity index is 3.71. The van der Waals surface area contributed by atoms with Gasteiger partial charge in [0.25, 0.3) is 0 Å². The van der Waals surface area contributed by atoms with Gasteiger partial charge >= 0.3 is 0 Å². The molecule has 0 aliphatic heterocycles. The van der Waals surface area contributed by atoms with E-state index in [1.807, 2.05) is 0 Å². The van der Waals surface area contributed by atoms with Gasteiger partial charge in [-0.05, 0) is 31.2 Å². The van der Waals surface area contributed by atoms with Crippen molar-refractivity contribution >= 4 is 0 Å². The van der Waals surface area contributed by atoms with E-state index in [1.54, 1.807) is 7.11 Å². The fourth-order valence-electron chi connectivity index (χ4n) is 1.63. The largest absolute Gasteiger partial charge is 0.382 e. The second-order valence-corrected chi connectivity index (χ2v) is 5.44. The normalized spacial score (nSPS) is 14.8. The van der Waals surface area contributed by atoms with Gasteiger partial charge in [-0.15, -0.1) is 0 Å².